The van der Waals surface area contributed by atoms with E-state index in [2.05, 4.69) is 12.2 Å². The van der Waals surface area contributed by atoms with Gasteiger partial charge >= 0.3 is 11.9 Å². The molecule has 1 aliphatic heterocycles. The lowest BCUT2D eigenvalue weighted by Gasteiger charge is -2.32. The third-order valence-corrected chi connectivity index (χ3v) is 6.95. The Morgan fingerprint density at radius 1 is 1.33 bits per heavy atom. The lowest BCUT2D eigenvalue weighted by Crippen LogP contribution is -2.48. The van der Waals surface area contributed by atoms with Crippen LogP contribution in [0.4, 0.5) is 5.00 Å². The van der Waals surface area contributed by atoms with Gasteiger partial charge in [0.2, 0.25) is 0 Å². The third-order valence-electron chi connectivity index (χ3n) is 5.78. The fourth-order valence-electron chi connectivity index (χ4n) is 4.15. The second kappa shape index (κ2) is 7.87. The molecule has 0 bridgehead atoms. The average molecular weight is 428 g/mol. The van der Waals surface area contributed by atoms with Crippen LogP contribution in [0.15, 0.2) is 24.3 Å². The summed E-state index contributed by atoms with van der Waals surface area (Å²) < 4.78 is 10.8. The predicted octanol–water partition coefficient (Wildman–Crippen LogP) is 4.16. The van der Waals surface area contributed by atoms with Crippen LogP contribution < -0.4 is 5.32 Å². The van der Waals surface area contributed by atoms with Gasteiger partial charge in [0.25, 0.3) is 5.91 Å². The zero-order valence-electron chi connectivity index (χ0n) is 17.4. The highest BCUT2D eigenvalue weighted by Crippen LogP contribution is 2.41. The van der Waals surface area contributed by atoms with Crippen molar-refractivity contribution in [3.63, 3.8) is 0 Å². The highest BCUT2D eigenvalue weighted by molar-refractivity contribution is 7.17. The molecule has 1 aliphatic carbocycles. The van der Waals surface area contributed by atoms with Crippen molar-refractivity contribution in [1.29, 1.82) is 0 Å². The Kier molecular flexibility index (Phi) is 5.40. The minimum atomic E-state index is -1.35. The Hall–Kier alpha value is -2.67. The Morgan fingerprint density at radius 3 is 2.87 bits per heavy atom. The van der Waals surface area contributed by atoms with Crippen LogP contribution in [0, 0.1) is 5.92 Å². The van der Waals surface area contributed by atoms with E-state index in [0.29, 0.717) is 22.0 Å². The van der Waals surface area contributed by atoms with Gasteiger partial charge in [0.15, 0.2) is 5.60 Å². The zero-order valence-corrected chi connectivity index (χ0v) is 18.2. The number of cyclic esters (lactones) is 1. The Labute approximate surface area is 179 Å². The molecule has 2 aliphatic rings. The van der Waals surface area contributed by atoms with E-state index in [1.165, 1.54) is 11.3 Å². The third kappa shape index (κ3) is 3.62. The van der Waals surface area contributed by atoms with Gasteiger partial charge in [-0.3, -0.25) is 4.79 Å². The minimum Gasteiger partial charge on any atom is -0.462 e. The molecule has 2 atom stereocenters. The maximum atomic E-state index is 13.2. The molecule has 4 rings (SSSR count). The zero-order chi connectivity index (χ0) is 21.5. The molecular formula is C23H25NO5S. The number of carbonyl (C=O) groups excluding carboxylic acids is 3. The van der Waals surface area contributed by atoms with Gasteiger partial charge in [0.1, 0.15) is 5.00 Å². The predicted molar refractivity (Wildman–Crippen MR) is 114 cm³/mol. The Balaban J connectivity index is 1.65. The molecule has 2 aromatic rings. The summed E-state index contributed by atoms with van der Waals surface area (Å²) in [5.41, 5.74) is 1.33. The summed E-state index contributed by atoms with van der Waals surface area (Å²) >= 11 is 1.42. The summed E-state index contributed by atoms with van der Waals surface area (Å²) in [6.45, 7) is 5.82. The van der Waals surface area contributed by atoms with Crippen LogP contribution >= 0.6 is 11.3 Å². The van der Waals surface area contributed by atoms with Crippen molar-refractivity contribution in [3.8, 4) is 0 Å². The second-order valence-electron chi connectivity index (χ2n) is 8.18. The summed E-state index contributed by atoms with van der Waals surface area (Å²) in [6.07, 6.45) is 2.94. The topological polar surface area (TPSA) is 81.7 Å². The van der Waals surface area contributed by atoms with Gasteiger partial charge in [-0.25, -0.2) is 9.59 Å². The minimum absolute atomic E-state index is 0.263. The molecule has 158 valence electrons. The number of esters is 2. The smallest absolute Gasteiger partial charge is 0.341 e. The first kappa shape index (κ1) is 20.6. The molecule has 2 heterocycles. The van der Waals surface area contributed by atoms with Gasteiger partial charge in [0, 0.05) is 11.3 Å². The molecule has 0 saturated heterocycles. The van der Waals surface area contributed by atoms with Crippen LogP contribution in [0.5, 0.6) is 0 Å². The number of nitrogens with one attached hydrogen (secondary N) is 1. The SMILES string of the molecule is CCOC(=O)c1c(NC(=O)[C@@]2(C)Cc3ccccc3C(=O)O2)sc2c1CC[C@@H](C)C2. The van der Waals surface area contributed by atoms with E-state index in [-0.39, 0.29) is 13.0 Å². The van der Waals surface area contributed by atoms with Crippen molar-refractivity contribution >= 4 is 34.2 Å². The molecule has 1 amide bonds. The van der Waals surface area contributed by atoms with Gasteiger partial charge in [-0.15, -0.1) is 11.3 Å². The number of hydrogen-bond donors (Lipinski definition) is 1. The van der Waals surface area contributed by atoms with E-state index in [0.717, 1.165) is 35.3 Å². The van der Waals surface area contributed by atoms with Crippen molar-refractivity contribution in [3.05, 3.63) is 51.4 Å². The summed E-state index contributed by atoms with van der Waals surface area (Å²) in [7, 11) is 0. The number of anilines is 1. The van der Waals surface area contributed by atoms with Gasteiger partial charge in [-0.2, -0.15) is 0 Å². The lowest BCUT2D eigenvalue weighted by molar-refractivity contribution is -0.134. The second-order valence-corrected chi connectivity index (χ2v) is 9.29. The van der Waals surface area contributed by atoms with Crippen molar-refractivity contribution in [2.24, 2.45) is 5.92 Å². The van der Waals surface area contributed by atoms with Crippen LogP contribution in [-0.4, -0.2) is 30.1 Å². The lowest BCUT2D eigenvalue weighted by atomic mass is 9.88. The standard InChI is InChI=1S/C23H25NO5S/c1-4-28-21(26)18-16-10-9-13(2)11-17(16)30-19(18)24-22(27)23(3)12-14-7-5-6-8-15(14)20(25)29-23/h5-8,13H,4,9-12H2,1-3H3,(H,24,27)/t13-,23-/m1/s1. The first-order valence-electron chi connectivity index (χ1n) is 10.3. The first-order valence-corrected chi connectivity index (χ1v) is 11.1. The van der Waals surface area contributed by atoms with Crippen LogP contribution in [0.2, 0.25) is 0 Å². The van der Waals surface area contributed by atoms with Crippen molar-refractivity contribution in [2.45, 2.75) is 52.1 Å². The maximum absolute atomic E-state index is 13.2. The fraction of sp³-hybridized carbons (Fsp3) is 0.435. The number of carbonyl (C=O) groups is 3. The molecule has 0 fully saturated rings. The van der Waals surface area contributed by atoms with Gasteiger partial charge in [-0.05, 0) is 56.2 Å². The molecule has 0 unspecified atom stereocenters. The molecule has 7 heteroatoms. The van der Waals surface area contributed by atoms with Crippen molar-refractivity contribution in [2.75, 3.05) is 11.9 Å². The first-order chi connectivity index (χ1) is 14.3. The van der Waals surface area contributed by atoms with Gasteiger partial charge in [-0.1, -0.05) is 25.1 Å². The van der Waals surface area contributed by atoms with E-state index in [1.54, 1.807) is 26.0 Å². The molecule has 6 nitrogen and oxygen atoms in total. The van der Waals surface area contributed by atoms with E-state index < -0.39 is 23.4 Å². The fourth-order valence-corrected chi connectivity index (χ4v) is 5.55. The monoisotopic (exact) mass is 427 g/mol. The van der Waals surface area contributed by atoms with Gasteiger partial charge in [0.05, 0.1) is 17.7 Å². The van der Waals surface area contributed by atoms with Crippen LogP contribution in [0.25, 0.3) is 0 Å². The number of fused-ring (bicyclic) bond motifs is 2. The van der Waals surface area contributed by atoms with E-state index in [1.807, 2.05) is 12.1 Å². The van der Waals surface area contributed by atoms with Gasteiger partial charge < -0.3 is 14.8 Å². The maximum Gasteiger partial charge on any atom is 0.341 e. The quantitative estimate of drug-likeness (QED) is 0.741. The van der Waals surface area contributed by atoms with Crippen molar-refractivity contribution < 1.29 is 23.9 Å². The molecule has 0 spiro atoms. The van der Waals surface area contributed by atoms with E-state index in [9.17, 15) is 14.4 Å². The Morgan fingerprint density at radius 2 is 2.10 bits per heavy atom. The number of benzene rings is 1. The Bertz CT molecular complexity index is 1030. The molecule has 0 saturated carbocycles. The summed E-state index contributed by atoms with van der Waals surface area (Å²) in [5.74, 6) is -0.846. The number of thiophene rings is 1. The summed E-state index contributed by atoms with van der Waals surface area (Å²) in [5, 5.41) is 3.37. The molecule has 1 aromatic heterocycles. The van der Waals surface area contributed by atoms with E-state index in [4.69, 9.17) is 9.47 Å². The average Bonchev–Trinajstić information content (AvgIpc) is 3.05. The summed E-state index contributed by atoms with van der Waals surface area (Å²) in [6, 6.07) is 7.13. The number of hydrogen-bond acceptors (Lipinski definition) is 6. The summed E-state index contributed by atoms with van der Waals surface area (Å²) in [4.78, 5) is 39.5. The van der Waals surface area contributed by atoms with Crippen molar-refractivity contribution in [1.82, 2.24) is 0 Å². The van der Waals surface area contributed by atoms with Crippen LogP contribution in [0.3, 0.4) is 0 Å². The molecule has 1 aromatic carbocycles. The van der Waals surface area contributed by atoms with Crippen LogP contribution in [0.1, 0.15) is 63.9 Å². The van der Waals surface area contributed by atoms with Crippen LogP contribution in [-0.2, 0) is 33.5 Å². The molecule has 0 radical (unpaired) electrons. The number of amides is 1. The van der Waals surface area contributed by atoms with E-state index >= 15 is 0 Å². The highest BCUT2D eigenvalue weighted by Gasteiger charge is 2.43. The number of rotatable bonds is 4. The number of ether oxygens (including phenoxy) is 2. The largest absolute Gasteiger partial charge is 0.462 e. The highest BCUT2D eigenvalue weighted by atomic mass is 32.1. The molecule has 30 heavy (non-hydrogen) atoms. The molecular weight excluding hydrogens is 402 g/mol. The molecule has 1 N–H and O–H groups in total. The normalized spacial score (nSPS) is 22.5.